The van der Waals surface area contributed by atoms with Gasteiger partial charge in [0.1, 0.15) is 0 Å². The largest absolute Gasteiger partial charge is 0.390 e. The Hall–Kier alpha value is -0.890. The molecule has 0 saturated heterocycles. The Labute approximate surface area is 73.3 Å². The highest BCUT2D eigenvalue weighted by Gasteiger charge is 2.17. The third-order valence-electron chi connectivity index (χ3n) is 2.10. The molecule has 1 rings (SSSR count). The first kappa shape index (κ1) is 9.20. The fourth-order valence-electron chi connectivity index (χ4n) is 1.07. The lowest BCUT2D eigenvalue weighted by Gasteiger charge is -2.20. The van der Waals surface area contributed by atoms with E-state index in [-0.39, 0.29) is 0 Å². The summed E-state index contributed by atoms with van der Waals surface area (Å²) in [5.74, 6) is 0. The summed E-state index contributed by atoms with van der Waals surface area (Å²) in [6.07, 6.45) is 4.98. The summed E-state index contributed by atoms with van der Waals surface area (Å²) in [5, 5.41) is 9.76. The third-order valence-corrected chi connectivity index (χ3v) is 2.10. The lowest BCUT2D eigenvalue weighted by Crippen LogP contribution is -2.25. The minimum atomic E-state index is -0.582. The van der Waals surface area contributed by atoms with Gasteiger partial charge in [-0.05, 0) is 31.0 Å². The van der Waals surface area contributed by atoms with Crippen LogP contribution in [0.3, 0.4) is 0 Å². The molecule has 1 atom stereocenters. The smallest absolute Gasteiger partial charge is 0.0657 e. The van der Waals surface area contributed by atoms with Gasteiger partial charge in [0.2, 0.25) is 0 Å². The Morgan fingerprint density at radius 3 is 2.50 bits per heavy atom. The van der Waals surface area contributed by atoms with Crippen molar-refractivity contribution in [2.75, 3.05) is 0 Å². The Morgan fingerprint density at radius 2 is 2.00 bits per heavy atom. The molecule has 0 bridgehead atoms. The van der Waals surface area contributed by atoms with Crippen LogP contribution < -0.4 is 0 Å². The second-order valence-electron chi connectivity index (χ2n) is 3.38. The second kappa shape index (κ2) is 3.68. The normalized spacial score (nSPS) is 15.6. The van der Waals surface area contributed by atoms with Crippen molar-refractivity contribution in [2.24, 2.45) is 0 Å². The van der Waals surface area contributed by atoms with Crippen LogP contribution in [0.4, 0.5) is 0 Å². The molecule has 0 amide bonds. The van der Waals surface area contributed by atoms with Gasteiger partial charge in [0.15, 0.2) is 0 Å². The number of aliphatic hydroxyl groups is 1. The Kier molecular flexibility index (Phi) is 2.82. The maximum atomic E-state index is 9.76. The topological polar surface area (TPSA) is 33.1 Å². The predicted molar refractivity (Wildman–Crippen MR) is 48.9 cm³/mol. The summed E-state index contributed by atoms with van der Waals surface area (Å²) in [6.45, 7) is 3.84. The zero-order valence-electron chi connectivity index (χ0n) is 7.62. The summed E-state index contributed by atoms with van der Waals surface area (Å²) in [4.78, 5) is 3.92. The van der Waals surface area contributed by atoms with Gasteiger partial charge in [-0.1, -0.05) is 6.92 Å². The van der Waals surface area contributed by atoms with Gasteiger partial charge in [0.25, 0.3) is 0 Å². The van der Waals surface area contributed by atoms with E-state index in [4.69, 9.17) is 0 Å². The lowest BCUT2D eigenvalue weighted by molar-refractivity contribution is 0.0564. The van der Waals surface area contributed by atoms with Crippen LogP contribution in [0.25, 0.3) is 0 Å². The summed E-state index contributed by atoms with van der Waals surface area (Å²) >= 11 is 0. The van der Waals surface area contributed by atoms with E-state index in [0.717, 1.165) is 12.0 Å². The van der Waals surface area contributed by atoms with E-state index in [1.807, 2.05) is 26.0 Å². The molecule has 1 N–H and O–H groups in total. The molecule has 66 valence electrons. The van der Waals surface area contributed by atoms with Crippen molar-refractivity contribution in [1.29, 1.82) is 0 Å². The highest BCUT2D eigenvalue weighted by molar-refractivity contribution is 5.12. The zero-order chi connectivity index (χ0) is 9.03. The van der Waals surface area contributed by atoms with Gasteiger partial charge in [0.05, 0.1) is 5.60 Å². The average Bonchev–Trinajstić information content (AvgIpc) is 2.06. The predicted octanol–water partition coefficient (Wildman–Crippen LogP) is 1.79. The number of pyridine rings is 1. The first-order valence-electron chi connectivity index (χ1n) is 4.25. The summed E-state index contributed by atoms with van der Waals surface area (Å²) in [6, 6.07) is 3.87. The molecule has 1 aromatic rings. The standard InChI is InChI=1S/C10H15NO/c1-3-10(2,12)8-9-4-6-11-7-5-9/h4-7,12H,3,8H2,1-2H3. The molecule has 0 aliphatic rings. The summed E-state index contributed by atoms with van der Waals surface area (Å²) < 4.78 is 0. The molecule has 0 saturated carbocycles. The summed E-state index contributed by atoms with van der Waals surface area (Å²) in [5.41, 5.74) is 0.554. The average molecular weight is 165 g/mol. The van der Waals surface area contributed by atoms with Crippen molar-refractivity contribution >= 4 is 0 Å². The van der Waals surface area contributed by atoms with Crippen molar-refractivity contribution in [1.82, 2.24) is 4.98 Å². The van der Waals surface area contributed by atoms with Gasteiger partial charge in [-0.3, -0.25) is 4.98 Å². The van der Waals surface area contributed by atoms with Crippen LogP contribution in [0.5, 0.6) is 0 Å². The number of hydrogen-bond acceptors (Lipinski definition) is 2. The number of nitrogens with zero attached hydrogens (tertiary/aromatic N) is 1. The number of hydrogen-bond donors (Lipinski definition) is 1. The lowest BCUT2D eigenvalue weighted by atomic mass is 9.95. The number of rotatable bonds is 3. The molecule has 12 heavy (non-hydrogen) atoms. The van der Waals surface area contributed by atoms with Gasteiger partial charge >= 0.3 is 0 Å². The molecule has 1 heterocycles. The highest BCUT2D eigenvalue weighted by Crippen LogP contribution is 2.15. The molecule has 2 heteroatoms. The highest BCUT2D eigenvalue weighted by atomic mass is 16.3. The van der Waals surface area contributed by atoms with E-state index in [1.54, 1.807) is 12.4 Å². The molecule has 0 radical (unpaired) electrons. The van der Waals surface area contributed by atoms with Gasteiger partial charge < -0.3 is 5.11 Å². The van der Waals surface area contributed by atoms with E-state index < -0.39 is 5.60 Å². The molecule has 0 spiro atoms. The Morgan fingerprint density at radius 1 is 1.42 bits per heavy atom. The molecule has 1 unspecified atom stereocenters. The van der Waals surface area contributed by atoms with Gasteiger partial charge in [0, 0.05) is 18.8 Å². The minimum absolute atomic E-state index is 0.582. The quantitative estimate of drug-likeness (QED) is 0.740. The molecule has 0 aromatic carbocycles. The van der Waals surface area contributed by atoms with Crippen LogP contribution in [0, 0.1) is 0 Å². The van der Waals surface area contributed by atoms with Crippen LogP contribution in [-0.2, 0) is 6.42 Å². The first-order chi connectivity index (χ1) is 5.64. The van der Waals surface area contributed by atoms with E-state index in [2.05, 4.69) is 4.98 Å². The van der Waals surface area contributed by atoms with Gasteiger partial charge in [-0.2, -0.15) is 0 Å². The van der Waals surface area contributed by atoms with E-state index in [9.17, 15) is 5.11 Å². The minimum Gasteiger partial charge on any atom is -0.390 e. The van der Waals surface area contributed by atoms with Crippen molar-refractivity contribution in [3.63, 3.8) is 0 Å². The Balaban J connectivity index is 2.64. The summed E-state index contributed by atoms with van der Waals surface area (Å²) in [7, 11) is 0. The SMILES string of the molecule is CCC(C)(O)Cc1ccncc1. The fourth-order valence-corrected chi connectivity index (χ4v) is 1.07. The maximum Gasteiger partial charge on any atom is 0.0657 e. The molecule has 0 fully saturated rings. The van der Waals surface area contributed by atoms with Crippen LogP contribution in [0.2, 0.25) is 0 Å². The van der Waals surface area contributed by atoms with Gasteiger partial charge in [-0.25, -0.2) is 0 Å². The van der Waals surface area contributed by atoms with Crippen molar-refractivity contribution in [2.45, 2.75) is 32.3 Å². The maximum absolute atomic E-state index is 9.76. The monoisotopic (exact) mass is 165 g/mol. The first-order valence-corrected chi connectivity index (χ1v) is 4.25. The molecular weight excluding hydrogens is 150 g/mol. The third kappa shape index (κ3) is 2.62. The van der Waals surface area contributed by atoms with Gasteiger partial charge in [-0.15, -0.1) is 0 Å². The van der Waals surface area contributed by atoms with Crippen molar-refractivity contribution < 1.29 is 5.11 Å². The van der Waals surface area contributed by atoms with Crippen molar-refractivity contribution in [3.8, 4) is 0 Å². The molecule has 1 aromatic heterocycles. The molecule has 0 aliphatic carbocycles. The van der Waals surface area contributed by atoms with E-state index in [1.165, 1.54) is 0 Å². The Bertz CT molecular complexity index is 231. The zero-order valence-corrected chi connectivity index (χ0v) is 7.62. The fraction of sp³-hybridized carbons (Fsp3) is 0.500. The van der Waals surface area contributed by atoms with Crippen LogP contribution >= 0.6 is 0 Å². The molecule has 2 nitrogen and oxygen atoms in total. The second-order valence-corrected chi connectivity index (χ2v) is 3.38. The van der Waals surface area contributed by atoms with Crippen LogP contribution in [0.15, 0.2) is 24.5 Å². The number of aromatic nitrogens is 1. The van der Waals surface area contributed by atoms with E-state index >= 15 is 0 Å². The van der Waals surface area contributed by atoms with E-state index in [0.29, 0.717) is 6.42 Å². The van der Waals surface area contributed by atoms with Crippen molar-refractivity contribution in [3.05, 3.63) is 30.1 Å². The van der Waals surface area contributed by atoms with Crippen LogP contribution in [-0.4, -0.2) is 15.7 Å². The molecular formula is C10H15NO. The molecule has 0 aliphatic heterocycles. The van der Waals surface area contributed by atoms with Crippen LogP contribution in [0.1, 0.15) is 25.8 Å².